The van der Waals surface area contributed by atoms with Crippen LogP contribution in [0, 0.1) is 3.57 Å². The summed E-state index contributed by atoms with van der Waals surface area (Å²) in [5.74, 6) is 1.19. The number of anilines is 3. The molecule has 9 heteroatoms. The molecular formula is C25H27IN6O2. The molecule has 1 unspecified atom stereocenters. The van der Waals surface area contributed by atoms with Crippen LogP contribution in [0.4, 0.5) is 17.2 Å². The average molecular weight is 570 g/mol. The summed E-state index contributed by atoms with van der Waals surface area (Å²) in [5.41, 5.74) is 1.81. The van der Waals surface area contributed by atoms with Crippen molar-refractivity contribution in [1.82, 2.24) is 14.9 Å². The van der Waals surface area contributed by atoms with E-state index in [-0.39, 0.29) is 5.91 Å². The number of carbonyl (C=O) groups is 1. The lowest BCUT2D eigenvalue weighted by atomic mass is 9.84. The van der Waals surface area contributed by atoms with Crippen molar-refractivity contribution in [3.8, 4) is 5.88 Å². The van der Waals surface area contributed by atoms with Crippen molar-refractivity contribution in [2.24, 2.45) is 0 Å². The molecule has 1 saturated heterocycles. The molecule has 0 saturated carbocycles. The minimum Gasteiger partial charge on any atom is -0.478 e. The van der Waals surface area contributed by atoms with Crippen LogP contribution in [0.3, 0.4) is 0 Å². The SMILES string of the molecule is CCOc1ncccc1C1(Nc2ccc(N3CCN(C)CC3)nc2)C(=O)Nc2ccc(I)cc21. The number of halogens is 1. The zero-order valence-corrected chi connectivity index (χ0v) is 21.4. The van der Waals surface area contributed by atoms with Crippen LogP contribution in [0.25, 0.3) is 0 Å². The van der Waals surface area contributed by atoms with Gasteiger partial charge < -0.3 is 25.2 Å². The summed E-state index contributed by atoms with van der Waals surface area (Å²) in [5, 5.41) is 6.56. The van der Waals surface area contributed by atoms with Crippen molar-refractivity contribution in [3.05, 3.63) is 69.6 Å². The van der Waals surface area contributed by atoms with Gasteiger partial charge in [0, 0.05) is 47.2 Å². The van der Waals surface area contributed by atoms with Gasteiger partial charge in [-0.15, -0.1) is 0 Å². The van der Waals surface area contributed by atoms with Gasteiger partial charge in [0.25, 0.3) is 5.91 Å². The molecule has 2 aliphatic rings. The van der Waals surface area contributed by atoms with Crippen molar-refractivity contribution in [2.75, 3.05) is 55.4 Å². The minimum atomic E-state index is -1.20. The number of hydrogen-bond donors (Lipinski definition) is 2. The second kappa shape index (κ2) is 9.38. The minimum absolute atomic E-state index is 0.179. The first-order valence-electron chi connectivity index (χ1n) is 11.4. The Morgan fingerprint density at radius 1 is 1.12 bits per heavy atom. The van der Waals surface area contributed by atoms with Crippen LogP contribution >= 0.6 is 22.6 Å². The molecule has 3 aromatic rings. The molecule has 5 rings (SSSR count). The predicted molar refractivity (Wildman–Crippen MR) is 142 cm³/mol. The van der Waals surface area contributed by atoms with E-state index in [0.717, 1.165) is 52.5 Å². The molecule has 1 aromatic carbocycles. The first-order chi connectivity index (χ1) is 16.5. The van der Waals surface area contributed by atoms with Crippen LogP contribution in [0.1, 0.15) is 18.1 Å². The summed E-state index contributed by atoms with van der Waals surface area (Å²) in [4.78, 5) is 27.4. The van der Waals surface area contributed by atoms with E-state index in [1.54, 1.807) is 12.4 Å². The Hall–Kier alpha value is -2.92. The van der Waals surface area contributed by atoms with Gasteiger partial charge >= 0.3 is 0 Å². The number of rotatable bonds is 6. The first kappa shape index (κ1) is 22.9. The molecule has 4 heterocycles. The Morgan fingerprint density at radius 2 is 1.94 bits per heavy atom. The second-order valence-corrected chi connectivity index (χ2v) is 9.75. The van der Waals surface area contributed by atoms with E-state index in [0.29, 0.717) is 18.1 Å². The zero-order chi connectivity index (χ0) is 23.7. The van der Waals surface area contributed by atoms with E-state index >= 15 is 0 Å². The normalized spacial score (nSPS) is 20.1. The first-order valence-corrected chi connectivity index (χ1v) is 12.5. The average Bonchev–Trinajstić information content (AvgIpc) is 3.12. The molecule has 1 amide bonds. The third kappa shape index (κ3) is 4.07. The largest absolute Gasteiger partial charge is 0.478 e. The van der Waals surface area contributed by atoms with E-state index in [9.17, 15) is 4.79 Å². The van der Waals surface area contributed by atoms with E-state index in [4.69, 9.17) is 9.72 Å². The molecule has 2 aliphatic heterocycles. The van der Waals surface area contributed by atoms with E-state index in [2.05, 4.69) is 55.1 Å². The summed E-state index contributed by atoms with van der Waals surface area (Å²) in [6, 6.07) is 13.7. The number of piperazine rings is 1. The number of amides is 1. The molecule has 0 aliphatic carbocycles. The Labute approximate surface area is 212 Å². The molecule has 176 valence electrons. The van der Waals surface area contributed by atoms with Crippen LogP contribution in [0.5, 0.6) is 5.88 Å². The zero-order valence-electron chi connectivity index (χ0n) is 19.2. The summed E-state index contributed by atoms with van der Waals surface area (Å²) < 4.78 is 6.89. The number of aromatic nitrogens is 2. The van der Waals surface area contributed by atoms with E-state index in [1.807, 2.05) is 49.4 Å². The molecule has 0 radical (unpaired) electrons. The lowest BCUT2D eigenvalue weighted by Crippen LogP contribution is -2.45. The lowest BCUT2D eigenvalue weighted by molar-refractivity contribution is -0.118. The van der Waals surface area contributed by atoms with E-state index in [1.165, 1.54) is 0 Å². The number of carbonyl (C=O) groups excluding carboxylic acids is 1. The molecule has 1 atom stereocenters. The van der Waals surface area contributed by atoms with Crippen LogP contribution < -0.4 is 20.3 Å². The number of ether oxygens (including phenoxy) is 1. The number of nitrogens with one attached hydrogen (secondary N) is 2. The number of nitrogens with zero attached hydrogens (tertiary/aromatic N) is 4. The quantitative estimate of drug-likeness (QED) is 0.439. The van der Waals surface area contributed by atoms with Gasteiger partial charge in [-0.25, -0.2) is 9.97 Å². The Morgan fingerprint density at radius 3 is 2.68 bits per heavy atom. The number of likely N-dealkylation sites (N-methyl/N-ethyl adjacent to an activating group) is 1. The maximum Gasteiger partial charge on any atom is 0.259 e. The molecule has 0 spiro atoms. The van der Waals surface area contributed by atoms with Crippen LogP contribution in [-0.4, -0.2) is 60.6 Å². The fraction of sp³-hybridized carbons (Fsp3) is 0.320. The molecule has 2 N–H and O–H groups in total. The fourth-order valence-corrected chi connectivity index (χ4v) is 5.05. The smallest absolute Gasteiger partial charge is 0.259 e. The van der Waals surface area contributed by atoms with Crippen molar-refractivity contribution in [2.45, 2.75) is 12.5 Å². The Bertz CT molecular complexity index is 1200. The van der Waals surface area contributed by atoms with Gasteiger partial charge in [0.1, 0.15) is 5.82 Å². The molecule has 0 bridgehead atoms. The highest BCUT2D eigenvalue weighted by molar-refractivity contribution is 14.1. The van der Waals surface area contributed by atoms with Crippen LogP contribution in [-0.2, 0) is 10.3 Å². The topological polar surface area (TPSA) is 82.6 Å². The lowest BCUT2D eigenvalue weighted by Gasteiger charge is -2.34. The predicted octanol–water partition coefficient (Wildman–Crippen LogP) is 3.54. The van der Waals surface area contributed by atoms with Crippen LogP contribution in [0.2, 0.25) is 0 Å². The number of pyridine rings is 2. The summed E-state index contributed by atoms with van der Waals surface area (Å²) >= 11 is 2.27. The maximum atomic E-state index is 13.7. The van der Waals surface area contributed by atoms with Gasteiger partial charge in [-0.3, -0.25) is 4.79 Å². The van der Waals surface area contributed by atoms with Gasteiger partial charge in [-0.1, -0.05) is 0 Å². The monoisotopic (exact) mass is 570 g/mol. The summed E-state index contributed by atoms with van der Waals surface area (Å²) in [6.45, 7) is 6.28. The third-order valence-electron chi connectivity index (χ3n) is 6.34. The molecule has 2 aromatic heterocycles. The molecule has 8 nitrogen and oxygen atoms in total. The highest BCUT2D eigenvalue weighted by Gasteiger charge is 2.50. The number of benzene rings is 1. The van der Waals surface area contributed by atoms with Crippen molar-refractivity contribution >= 4 is 45.7 Å². The summed E-state index contributed by atoms with van der Waals surface area (Å²) in [6.07, 6.45) is 3.47. The second-order valence-electron chi connectivity index (χ2n) is 8.50. The van der Waals surface area contributed by atoms with E-state index < -0.39 is 5.54 Å². The third-order valence-corrected chi connectivity index (χ3v) is 7.01. The molecule has 1 fully saturated rings. The van der Waals surface area contributed by atoms with Gasteiger partial charge in [-0.05, 0) is 79.0 Å². The van der Waals surface area contributed by atoms with Crippen LogP contribution in [0.15, 0.2) is 54.9 Å². The van der Waals surface area contributed by atoms with Gasteiger partial charge in [-0.2, -0.15) is 0 Å². The Kier molecular flexibility index (Phi) is 6.30. The standard InChI is InChI=1S/C25H27IN6O2/c1-3-34-23-19(5-4-10-27-23)25(20-15-17(26)6-8-21(20)29-24(25)33)30-18-7-9-22(28-16-18)32-13-11-31(2)12-14-32/h4-10,15-16,30H,3,11-14H2,1-2H3,(H,29,33). The summed E-state index contributed by atoms with van der Waals surface area (Å²) in [7, 11) is 2.14. The highest BCUT2D eigenvalue weighted by Crippen LogP contribution is 2.46. The number of hydrogen-bond acceptors (Lipinski definition) is 7. The van der Waals surface area contributed by atoms with Crippen molar-refractivity contribution in [1.29, 1.82) is 0 Å². The van der Waals surface area contributed by atoms with Crippen molar-refractivity contribution < 1.29 is 9.53 Å². The number of fused-ring (bicyclic) bond motifs is 1. The molecular weight excluding hydrogens is 543 g/mol. The van der Waals surface area contributed by atoms with Gasteiger partial charge in [0.2, 0.25) is 5.88 Å². The van der Waals surface area contributed by atoms with Gasteiger partial charge in [0.05, 0.1) is 24.1 Å². The Balaban J connectivity index is 1.56. The highest BCUT2D eigenvalue weighted by atomic mass is 127. The van der Waals surface area contributed by atoms with Crippen molar-refractivity contribution in [3.63, 3.8) is 0 Å². The fourth-order valence-electron chi connectivity index (χ4n) is 4.56. The molecule has 34 heavy (non-hydrogen) atoms. The maximum absolute atomic E-state index is 13.7. The van der Waals surface area contributed by atoms with Gasteiger partial charge in [0.15, 0.2) is 5.54 Å².